The quantitative estimate of drug-likeness (QED) is 0.854. The van der Waals surface area contributed by atoms with E-state index >= 15 is 0 Å². The molecule has 2 aliphatic heterocycles. The maximum atomic E-state index is 12.9. The highest BCUT2D eigenvalue weighted by atomic mass is 16.5. The Morgan fingerprint density at radius 3 is 3.00 bits per heavy atom. The predicted octanol–water partition coefficient (Wildman–Crippen LogP) is 2.22. The summed E-state index contributed by atoms with van der Waals surface area (Å²) in [5.74, 6) is 0.238. The van der Waals surface area contributed by atoms with Crippen molar-refractivity contribution in [3.8, 4) is 0 Å². The topological polar surface area (TPSA) is 41.6 Å². The van der Waals surface area contributed by atoms with Crippen molar-refractivity contribution < 1.29 is 9.53 Å². The van der Waals surface area contributed by atoms with Gasteiger partial charge in [-0.1, -0.05) is 18.2 Å². The maximum absolute atomic E-state index is 12.9. The zero-order valence-electron chi connectivity index (χ0n) is 12.1. The molecule has 0 aromatic heterocycles. The summed E-state index contributed by atoms with van der Waals surface area (Å²) in [6.45, 7) is 6.30. The molecule has 4 nitrogen and oxygen atoms in total. The number of ether oxygens (including phenoxy) is 1. The molecule has 1 fully saturated rings. The molecule has 3 atom stereocenters. The third kappa shape index (κ3) is 2.40. The summed E-state index contributed by atoms with van der Waals surface area (Å²) in [7, 11) is 0. The Balaban J connectivity index is 1.84. The van der Waals surface area contributed by atoms with Crippen LogP contribution in [0, 0.1) is 0 Å². The van der Waals surface area contributed by atoms with Crippen LogP contribution in [0.25, 0.3) is 0 Å². The number of benzene rings is 1. The van der Waals surface area contributed by atoms with E-state index in [0.29, 0.717) is 13.2 Å². The van der Waals surface area contributed by atoms with Gasteiger partial charge in [-0.05, 0) is 31.9 Å². The van der Waals surface area contributed by atoms with Crippen LogP contribution in [0.1, 0.15) is 31.7 Å². The molecule has 0 saturated carbocycles. The van der Waals surface area contributed by atoms with E-state index in [2.05, 4.69) is 24.4 Å². The Hall–Kier alpha value is -1.55. The first-order valence-corrected chi connectivity index (χ1v) is 7.41. The highest BCUT2D eigenvalue weighted by Crippen LogP contribution is 2.33. The van der Waals surface area contributed by atoms with Crippen molar-refractivity contribution in [2.75, 3.05) is 25.0 Å². The lowest BCUT2D eigenvalue weighted by Crippen LogP contribution is -2.52. The van der Waals surface area contributed by atoms with E-state index < -0.39 is 0 Å². The van der Waals surface area contributed by atoms with Gasteiger partial charge in [-0.2, -0.15) is 0 Å². The van der Waals surface area contributed by atoms with Crippen LogP contribution in [-0.2, 0) is 9.53 Å². The Morgan fingerprint density at radius 2 is 2.15 bits per heavy atom. The molecule has 2 aliphatic rings. The number of carbonyl (C=O) groups is 1. The number of fused-ring (bicyclic) bond motifs is 1. The summed E-state index contributed by atoms with van der Waals surface area (Å²) in [5.41, 5.74) is 2.24. The average molecular weight is 274 g/mol. The van der Waals surface area contributed by atoms with E-state index in [-0.39, 0.29) is 24.0 Å². The number of nitrogens with one attached hydrogen (secondary N) is 1. The van der Waals surface area contributed by atoms with Crippen LogP contribution in [0.2, 0.25) is 0 Å². The Bertz CT molecular complexity index is 503. The van der Waals surface area contributed by atoms with Crippen molar-refractivity contribution in [2.24, 2.45) is 0 Å². The second-order valence-electron chi connectivity index (χ2n) is 5.84. The molecule has 3 unspecified atom stereocenters. The van der Waals surface area contributed by atoms with Crippen LogP contribution >= 0.6 is 0 Å². The molecule has 20 heavy (non-hydrogen) atoms. The minimum Gasteiger partial charge on any atom is -0.385 e. The lowest BCUT2D eigenvalue weighted by Gasteiger charge is -2.39. The van der Waals surface area contributed by atoms with Gasteiger partial charge in [-0.25, -0.2) is 0 Å². The molecular weight excluding hydrogens is 252 g/mol. The SMILES string of the molecule is CC1CN(C(=O)C2CCNc3ccccc32)C(C)CO1. The van der Waals surface area contributed by atoms with Crippen molar-refractivity contribution in [3.05, 3.63) is 29.8 Å². The number of nitrogens with zero attached hydrogens (tertiary/aromatic N) is 1. The van der Waals surface area contributed by atoms with Gasteiger partial charge >= 0.3 is 0 Å². The summed E-state index contributed by atoms with van der Waals surface area (Å²) in [6.07, 6.45) is 1.00. The minimum absolute atomic E-state index is 0.0137. The molecule has 4 heteroatoms. The molecule has 1 amide bonds. The fourth-order valence-corrected chi connectivity index (χ4v) is 3.14. The second kappa shape index (κ2) is 5.44. The van der Waals surface area contributed by atoms with E-state index in [1.165, 1.54) is 0 Å². The van der Waals surface area contributed by atoms with Crippen molar-refractivity contribution >= 4 is 11.6 Å². The lowest BCUT2D eigenvalue weighted by molar-refractivity contribution is -0.145. The van der Waals surface area contributed by atoms with E-state index in [1.807, 2.05) is 24.0 Å². The maximum Gasteiger partial charge on any atom is 0.230 e. The number of rotatable bonds is 1. The first kappa shape index (κ1) is 13.4. The van der Waals surface area contributed by atoms with Crippen molar-refractivity contribution in [1.82, 2.24) is 4.90 Å². The first-order valence-electron chi connectivity index (χ1n) is 7.41. The van der Waals surface area contributed by atoms with Gasteiger partial charge in [0.05, 0.1) is 24.7 Å². The highest BCUT2D eigenvalue weighted by molar-refractivity contribution is 5.86. The lowest BCUT2D eigenvalue weighted by atomic mass is 9.89. The van der Waals surface area contributed by atoms with Gasteiger partial charge in [-0.3, -0.25) is 4.79 Å². The molecular formula is C16H22N2O2. The molecule has 1 aromatic carbocycles. The molecule has 1 saturated heterocycles. The Kier molecular flexibility index (Phi) is 3.66. The number of hydrogen-bond acceptors (Lipinski definition) is 3. The van der Waals surface area contributed by atoms with E-state index in [1.54, 1.807) is 0 Å². The number of hydrogen-bond donors (Lipinski definition) is 1. The Labute approximate surface area is 120 Å². The van der Waals surface area contributed by atoms with Gasteiger partial charge in [0.2, 0.25) is 5.91 Å². The number of anilines is 1. The zero-order valence-corrected chi connectivity index (χ0v) is 12.1. The summed E-state index contributed by atoms with van der Waals surface area (Å²) in [4.78, 5) is 14.9. The molecule has 0 aliphatic carbocycles. The average Bonchev–Trinajstić information content (AvgIpc) is 2.48. The second-order valence-corrected chi connectivity index (χ2v) is 5.84. The fraction of sp³-hybridized carbons (Fsp3) is 0.562. The van der Waals surface area contributed by atoms with Gasteiger partial charge in [0.15, 0.2) is 0 Å². The van der Waals surface area contributed by atoms with Crippen LogP contribution < -0.4 is 5.32 Å². The monoisotopic (exact) mass is 274 g/mol. The van der Waals surface area contributed by atoms with Gasteiger partial charge in [0, 0.05) is 18.8 Å². The highest BCUT2D eigenvalue weighted by Gasteiger charge is 2.34. The minimum atomic E-state index is -0.0137. The summed E-state index contributed by atoms with van der Waals surface area (Å²) >= 11 is 0. The van der Waals surface area contributed by atoms with Crippen LogP contribution in [0.4, 0.5) is 5.69 Å². The number of amides is 1. The fourth-order valence-electron chi connectivity index (χ4n) is 3.14. The van der Waals surface area contributed by atoms with Crippen LogP contribution in [-0.4, -0.2) is 42.6 Å². The summed E-state index contributed by atoms with van der Waals surface area (Å²) < 4.78 is 5.62. The van der Waals surface area contributed by atoms with Gasteiger partial charge < -0.3 is 15.0 Å². The van der Waals surface area contributed by atoms with Crippen molar-refractivity contribution in [1.29, 1.82) is 0 Å². The molecule has 0 radical (unpaired) electrons. The molecule has 0 spiro atoms. The third-order valence-electron chi connectivity index (χ3n) is 4.27. The normalized spacial score (nSPS) is 29.5. The summed E-state index contributed by atoms with van der Waals surface area (Å²) in [5, 5.41) is 3.37. The van der Waals surface area contributed by atoms with E-state index in [0.717, 1.165) is 24.2 Å². The smallest absolute Gasteiger partial charge is 0.230 e. The van der Waals surface area contributed by atoms with Crippen LogP contribution in [0.15, 0.2) is 24.3 Å². The van der Waals surface area contributed by atoms with Crippen LogP contribution in [0.3, 0.4) is 0 Å². The largest absolute Gasteiger partial charge is 0.385 e. The number of morpholine rings is 1. The standard InChI is InChI=1S/C16H22N2O2/c1-11-10-20-12(2)9-18(11)16(19)14-7-8-17-15-6-4-3-5-13(14)15/h3-6,11-12,14,17H,7-10H2,1-2H3. The van der Waals surface area contributed by atoms with Crippen molar-refractivity contribution in [2.45, 2.75) is 38.3 Å². The summed E-state index contributed by atoms with van der Waals surface area (Å²) in [6, 6.07) is 8.31. The van der Waals surface area contributed by atoms with Crippen LogP contribution in [0.5, 0.6) is 0 Å². The van der Waals surface area contributed by atoms with E-state index in [4.69, 9.17) is 4.74 Å². The van der Waals surface area contributed by atoms with Gasteiger partial charge in [-0.15, -0.1) is 0 Å². The number of para-hydroxylation sites is 1. The molecule has 1 N–H and O–H groups in total. The van der Waals surface area contributed by atoms with E-state index in [9.17, 15) is 4.79 Å². The number of carbonyl (C=O) groups excluding carboxylic acids is 1. The molecule has 1 aromatic rings. The molecule has 3 rings (SSSR count). The third-order valence-corrected chi connectivity index (χ3v) is 4.27. The molecule has 0 bridgehead atoms. The molecule has 2 heterocycles. The van der Waals surface area contributed by atoms with Gasteiger partial charge in [0.1, 0.15) is 0 Å². The molecule has 108 valence electrons. The van der Waals surface area contributed by atoms with Gasteiger partial charge in [0.25, 0.3) is 0 Å². The predicted molar refractivity (Wildman–Crippen MR) is 78.9 cm³/mol. The Morgan fingerprint density at radius 1 is 1.35 bits per heavy atom. The zero-order chi connectivity index (χ0) is 14.1. The first-order chi connectivity index (χ1) is 9.66. The van der Waals surface area contributed by atoms with Crippen molar-refractivity contribution in [3.63, 3.8) is 0 Å².